The second kappa shape index (κ2) is 10.5. The van der Waals surface area contributed by atoms with Gasteiger partial charge in [0.15, 0.2) is 18.1 Å². The van der Waals surface area contributed by atoms with E-state index in [1.54, 1.807) is 18.2 Å². The number of hydrogen-bond donors (Lipinski definition) is 1. The van der Waals surface area contributed by atoms with Gasteiger partial charge in [-0.2, -0.15) is 5.26 Å². The molecule has 0 radical (unpaired) electrons. The van der Waals surface area contributed by atoms with Crippen LogP contribution < -0.4 is 14.8 Å². The summed E-state index contributed by atoms with van der Waals surface area (Å²) in [4.78, 5) is 11.7. The number of methoxy groups -OCH3 is 1. The van der Waals surface area contributed by atoms with Crippen molar-refractivity contribution in [1.29, 1.82) is 5.26 Å². The second-order valence-electron chi connectivity index (χ2n) is 5.44. The molecule has 1 aromatic carbocycles. The summed E-state index contributed by atoms with van der Waals surface area (Å²) in [7, 11) is 1.49. The molecular formula is C17H24N2O4. The maximum atomic E-state index is 11.7. The minimum Gasteiger partial charge on any atom is -0.493 e. The average molecular weight is 320 g/mol. The number of hydrogen-bond acceptors (Lipinski definition) is 5. The largest absolute Gasteiger partial charge is 0.493 e. The van der Waals surface area contributed by atoms with Crippen LogP contribution in [0.2, 0.25) is 0 Å². The Balaban J connectivity index is 2.27. The molecule has 1 N–H and O–H groups in total. The molecule has 0 saturated heterocycles. The quantitative estimate of drug-likeness (QED) is 0.668. The maximum Gasteiger partial charge on any atom is 0.257 e. The van der Waals surface area contributed by atoms with Gasteiger partial charge in [0.2, 0.25) is 0 Å². The summed E-state index contributed by atoms with van der Waals surface area (Å²) in [6.45, 7) is 5.99. The second-order valence-corrected chi connectivity index (χ2v) is 5.44. The predicted molar refractivity (Wildman–Crippen MR) is 86.5 cm³/mol. The van der Waals surface area contributed by atoms with Gasteiger partial charge in [-0.3, -0.25) is 4.79 Å². The zero-order valence-corrected chi connectivity index (χ0v) is 13.9. The molecule has 0 unspecified atom stereocenters. The molecule has 6 nitrogen and oxygen atoms in total. The number of nitrogens with one attached hydrogen (secondary N) is 1. The zero-order chi connectivity index (χ0) is 17.1. The normalized spacial score (nSPS) is 10.2. The first-order valence-electron chi connectivity index (χ1n) is 7.62. The van der Waals surface area contributed by atoms with Gasteiger partial charge in [-0.05, 0) is 24.5 Å². The smallest absolute Gasteiger partial charge is 0.257 e. The number of ether oxygens (including phenoxy) is 3. The van der Waals surface area contributed by atoms with E-state index in [4.69, 9.17) is 19.5 Å². The number of benzene rings is 1. The highest BCUT2D eigenvalue weighted by atomic mass is 16.5. The summed E-state index contributed by atoms with van der Waals surface area (Å²) in [6.07, 6.45) is 0.763. The van der Waals surface area contributed by atoms with Gasteiger partial charge in [0.1, 0.15) is 0 Å². The molecule has 0 spiro atoms. The van der Waals surface area contributed by atoms with E-state index in [0.29, 0.717) is 36.1 Å². The molecule has 0 aliphatic heterocycles. The van der Waals surface area contributed by atoms with Gasteiger partial charge in [-0.1, -0.05) is 13.8 Å². The van der Waals surface area contributed by atoms with Gasteiger partial charge in [0, 0.05) is 25.8 Å². The van der Waals surface area contributed by atoms with Gasteiger partial charge in [0.25, 0.3) is 5.91 Å². The van der Waals surface area contributed by atoms with E-state index in [-0.39, 0.29) is 12.5 Å². The van der Waals surface area contributed by atoms with Crippen LogP contribution in [0, 0.1) is 17.2 Å². The Morgan fingerprint density at radius 2 is 2.13 bits per heavy atom. The number of carbonyl (C=O) groups is 1. The summed E-state index contributed by atoms with van der Waals surface area (Å²) < 4.78 is 16.0. The monoisotopic (exact) mass is 320 g/mol. The van der Waals surface area contributed by atoms with Crippen molar-refractivity contribution in [2.24, 2.45) is 5.92 Å². The molecule has 0 heterocycles. The highest BCUT2D eigenvalue weighted by Crippen LogP contribution is 2.27. The third-order valence-corrected chi connectivity index (χ3v) is 2.89. The molecule has 23 heavy (non-hydrogen) atoms. The zero-order valence-electron chi connectivity index (χ0n) is 13.9. The molecule has 0 aliphatic rings. The summed E-state index contributed by atoms with van der Waals surface area (Å²) in [6, 6.07) is 6.82. The third kappa shape index (κ3) is 7.52. The van der Waals surface area contributed by atoms with Crippen molar-refractivity contribution in [3.63, 3.8) is 0 Å². The lowest BCUT2D eigenvalue weighted by Gasteiger charge is -2.11. The van der Waals surface area contributed by atoms with Crippen LogP contribution in [0.5, 0.6) is 11.5 Å². The molecule has 1 aromatic rings. The minimum atomic E-state index is -0.208. The summed E-state index contributed by atoms with van der Waals surface area (Å²) in [5.74, 6) is 1.17. The molecule has 0 aromatic heterocycles. The van der Waals surface area contributed by atoms with Crippen molar-refractivity contribution in [2.45, 2.75) is 20.3 Å². The molecule has 1 rings (SSSR count). The predicted octanol–water partition coefficient (Wildman–Crippen LogP) is 2.12. The Hall–Kier alpha value is -2.26. The Morgan fingerprint density at radius 1 is 1.35 bits per heavy atom. The van der Waals surface area contributed by atoms with E-state index >= 15 is 0 Å². The Morgan fingerprint density at radius 3 is 2.78 bits per heavy atom. The molecule has 126 valence electrons. The van der Waals surface area contributed by atoms with Crippen LogP contribution in [0.25, 0.3) is 0 Å². The molecule has 1 amide bonds. The van der Waals surface area contributed by atoms with E-state index in [0.717, 1.165) is 13.0 Å². The highest BCUT2D eigenvalue weighted by molar-refractivity contribution is 5.77. The van der Waals surface area contributed by atoms with E-state index < -0.39 is 0 Å². The summed E-state index contributed by atoms with van der Waals surface area (Å²) >= 11 is 0. The van der Waals surface area contributed by atoms with Gasteiger partial charge in [-0.25, -0.2) is 0 Å². The third-order valence-electron chi connectivity index (χ3n) is 2.89. The van der Waals surface area contributed by atoms with Crippen molar-refractivity contribution in [1.82, 2.24) is 5.32 Å². The fraction of sp³-hybridized carbons (Fsp3) is 0.529. The Labute approximate surface area is 137 Å². The van der Waals surface area contributed by atoms with Crippen molar-refractivity contribution < 1.29 is 19.0 Å². The lowest BCUT2D eigenvalue weighted by molar-refractivity contribution is -0.123. The van der Waals surface area contributed by atoms with E-state index in [2.05, 4.69) is 19.2 Å². The first kappa shape index (κ1) is 18.8. The number of amides is 1. The number of carbonyl (C=O) groups excluding carboxylic acids is 1. The maximum absolute atomic E-state index is 11.7. The van der Waals surface area contributed by atoms with E-state index in [1.807, 2.05) is 6.07 Å². The first-order chi connectivity index (χ1) is 11.1. The van der Waals surface area contributed by atoms with Crippen LogP contribution in [-0.4, -0.2) is 39.4 Å². The van der Waals surface area contributed by atoms with Crippen LogP contribution in [0.4, 0.5) is 0 Å². The highest BCUT2D eigenvalue weighted by Gasteiger charge is 2.08. The van der Waals surface area contributed by atoms with Gasteiger partial charge in [-0.15, -0.1) is 0 Å². The average Bonchev–Trinajstić information content (AvgIpc) is 2.55. The SMILES string of the molecule is COc1cc(C#N)ccc1OCC(=O)NCCCOCC(C)C. The standard InChI is InChI=1S/C17H24N2O4/c1-13(2)11-22-8-4-7-19-17(20)12-23-15-6-5-14(10-18)9-16(15)21-3/h5-6,9,13H,4,7-8,11-12H2,1-3H3,(H,19,20). The van der Waals surface area contributed by atoms with E-state index in [1.165, 1.54) is 7.11 Å². The Bertz CT molecular complexity index is 538. The van der Waals surface area contributed by atoms with Crippen LogP contribution in [-0.2, 0) is 9.53 Å². The van der Waals surface area contributed by atoms with Crippen LogP contribution >= 0.6 is 0 Å². The van der Waals surface area contributed by atoms with Crippen molar-refractivity contribution in [2.75, 3.05) is 33.5 Å². The molecule has 6 heteroatoms. The molecule has 0 atom stereocenters. The molecule has 0 aliphatic carbocycles. The first-order valence-corrected chi connectivity index (χ1v) is 7.62. The van der Waals surface area contributed by atoms with Crippen molar-refractivity contribution in [3.05, 3.63) is 23.8 Å². The topological polar surface area (TPSA) is 80.6 Å². The van der Waals surface area contributed by atoms with E-state index in [9.17, 15) is 4.79 Å². The van der Waals surface area contributed by atoms with Crippen molar-refractivity contribution >= 4 is 5.91 Å². The van der Waals surface area contributed by atoms with Crippen LogP contribution in [0.1, 0.15) is 25.8 Å². The molecule has 0 fully saturated rings. The fourth-order valence-corrected chi connectivity index (χ4v) is 1.77. The Kier molecular flexibility index (Phi) is 8.55. The van der Waals surface area contributed by atoms with Crippen molar-refractivity contribution in [3.8, 4) is 17.6 Å². The van der Waals surface area contributed by atoms with Gasteiger partial charge >= 0.3 is 0 Å². The molecule has 0 saturated carbocycles. The molecule has 0 bridgehead atoms. The van der Waals surface area contributed by atoms with Gasteiger partial charge < -0.3 is 19.5 Å². The number of nitriles is 1. The fourth-order valence-electron chi connectivity index (χ4n) is 1.77. The molecular weight excluding hydrogens is 296 g/mol. The minimum absolute atomic E-state index is 0.102. The summed E-state index contributed by atoms with van der Waals surface area (Å²) in [5, 5.41) is 11.6. The summed E-state index contributed by atoms with van der Waals surface area (Å²) in [5.41, 5.74) is 0.472. The lowest BCUT2D eigenvalue weighted by atomic mass is 10.2. The van der Waals surface area contributed by atoms with Gasteiger partial charge in [0.05, 0.1) is 18.7 Å². The number of rotatable bonds is 10. The number of nitrogens with zero attached hydrogens (tertiary/aromatic N) is 1. The van der Waals surface area contributed by atoms with Crippen LogP contribution in [0.15, 0.2) is 18.2 Å². The van der Waals surface area contributed by atoms with Crippen LogP contribution in [0.3, 0.4) is 0 Å². The lowest BCUT2D eigenvalue weighted by Crippen LogP contribution is -2.30.